The summed E-state index contributed by atoms with van der Waals surface area (Å²) in [4.78, 5) is 10.2. The molecule has 0 saturated heterocycles. The minimum Gasteiger partial charge on any atom is -0.490 e. The lowest BCUT2D eigenvalue weighted by atomic mass is 10.1. The first-order chi connectivity index (χ1) is 13.2. The minimum atomic E-state index is -3.97. The van der Waals surface area contributed by atoms with Crippen LogP contribution in [0.15, 0.2) is 41.3 Å². The van der Waals surface area contributed by atoms with Gasteiger partial charge in [-0.15, -0.1) is 0 Å². The van der Waals surface area contributed by atoms with Crippen LogP contribution in [0.2, 0.25) is 0 Å². The van der Waals surface area contributed by atoms with Gasteiger partial charge in [0.2, 0.25) is 10.0 Å². The normalized spacial score (nSPS) is 12.4. The molecule has 2 rings (SSSR count). The number of sulfonamides is 1. The first-order valence-electron chi connectivity index (χ1n) is 8.86. The van der Waals surface area contributed by atoms with Crippen molar-refractivity contribution in [1.29, 1.82) is 0 Å². The van der Waals surface area contributed by atoms with Gasteiger partial charge in [-0.25, -0.2) is 13.1 Å². The molecule has 8 nitrogen and oxygen atoms in total. The predicted molar refractivity (Wildman–Crippen MR) is 105 cm³/mol. The van der Waals surface area contributed by atoms with Crippen molar-refractivity contribution < 1.29 is 22.8 Å². The van der Waals surface area contributed by atoms with Crippen molar-refractivity contribution in [2.24, 2.45) is 0 Å². The van der Waals surface area contributed by atoms with Gasteiger partial charge in [0.05, 0.1) is 23.0 Å². The number of benzene rings is 2. The average molecular weight is 408 g/mol. The van der Waals surface area contributed by atoms with Crippen molar-refractivity contribution >= 4 is 15.7 Å². The first kappa shape index (κ1) is 21.6. The zero-order valence-electron chi connectivity index (χ0n) is 16.3. The fraction of sp³-hybridized carbons (Fsp3) is 0.368. The number of hydrogen-bond donors (Lipinski definition) is 1. The van der Waals surface area contributed by atoms with Gasteiger partial charge >= 0.3 is 0 Å². The quantitative estimate of drug-likeness (QED) is 0.500. The standard InChI is InChI=1S/C19H24N2O6S/c1-5-26-17-10-8-15(11-18(17)27-6-2)14(4)20-28(24,25)19-12-16(21(22)23)9-7-13(19)3/h7-12,14,20H,5-6H2,1-4H3/t14-/m0/s1. The fourth-order valence-corrected chi connectivity index (χ4v) is 4.19. The SMILES string of the molecule is CCOc1ccc([C@H](C)NS(=O)(=O)c2cc([N+](=O)[O-])ccc2C)cc1OCC. The molecule has 152 valence electrons. The summed E-state index contributed by atoms with van der Waals surface area (Å²) in [5.74, 6) is 1.11. The van der Waals surface area contributed by atoms with E-state index in [1.165, 1.54) is 12.1 Å². The van der Waals surface area contributed by atoms with Gasteiger partial charge in [0, 0.05) is 18.2 Å². The maximum absolute atomic E-state index is 12.8. The van der Waals surface area contributed by atoms with Gasteiger partial charge in [-0.3, -0.25) is 10.1 Å². The summed E-state index contributed by atoms with van der Waals surface area (Å²) in [6.45, 7) is 7.91. The van der Waals surface area contributed by atoms with Crippen LogP contribution in [0.1, 0.15) is 37.9 Å². The molecule has 0 spiro atoms. The molecule has 0 saturated carbocycles. The van der Waals surface area contributed by atoms with Crippen molar-refractivity contribution in [3.8, 4) is 11.5 Å². The molecule has 2 aromatic rings. The van der Waals surface area contributed by atoms with Crippen LogP contribution in [0, 0.1) is 17.0 Å². The Hall–Kier alpha value is -2.65. The molecule has 0 unspecified atom stereocenters. The number of non-ortho nitro benzene ring substituents is 1. The van der Waals surface area contributed by atoms with E-state index in [2.05, 4.69) is 4.72 Å². The van der Waals surface area contributed by atoms with E-state index in [9.17, 15) is 18.5 Å². The summed E-state index contributed by atoms with van der Waals surface area (Å²) in [6, 6.07) is 8.38. The van der Waals surface area contributed by atoms with Gasteiger partial charge in [-0.2, -0.15) is 0 Å². The molecule has 0 aliphatic rings. The average Bonchev–Trinajstić information content (AvgIpc) is 2.63. The third-order valence-electron chi connectivity index (χ3n) is 4.07. The molecule has 2 aromatic carbocycles. The summed E-state index contributed by atoms with van der Waals surface area (Å²) in [5.41, 5.74) is 0.823. The van der Waals surface area contributed by atoms with E-state index in [1.54, 1.807) is 32.0 Å². The summed E-state index contributed by atoms with van der Waals surface area (Å²) in [6.07, 6.45) is 0. The molecule has 0 radical (unpaired) electrons. The molecular weight excluding hydrogens is 384 g/mol. The molecule has 0 heterocycles. The lowest BCUT2D eigenvalue weighted by Crippen LogP contribution is -2.27. The van der Waals surface area contributed by atoms with Gasteiger partial charge in [0.1, 0.15) is 0 Å². The van der Waals surface area contributed by atoms with Gasteiger partial charge < -0.3 is 9.47 Å². The van der Waals surface area contributed by atoms with Gasteiger partial charge in [-0.05, 0) is 51.0 Å². The second kappa shape index (κ2) is 9.03. The van der Waals surface area contributed by atoms with Crippen LogP contribution in [0.3, 0.4) is 0 Å². The van der Waals surface area contributed by atoms with Crippen LogP contribution >= 0.6 is 0 Å². The number of aryl methyl sites for hydroxylation is 1. The van der Waals surface area contributed by atoms with Crippen LogP contribution in [0.5, 0.6) is 11.5 Å². The Balaban J connectivity index is 2.33. The van der Waals surface area contributed by atoms with Crippen molar-refractivity contribution in [1.82, 2.24) is 4.72 Å². The van der Waals surface area contributed by atoms with Gasteiger partial charge in [0.15, 0.2) is 11.5 Å². The van der Waals surface area contributed by atoms with E-state index >= 15 is 0 Å². The number of nitrogens with one attached hydrogen (secondary N) is 1. The Labute approximate surface area is 164 Å². The van der Waals surface area contributed by atoms with Crippen molar-refractivity contribution in [2.45, 2.75) is 38.6 Å². The molecule has 28 heavy (non-hydrogen) atoms. The van der Waals surface area contributed by atoms with E-state index in [4.69, 9.17) is 9.47 Å². The van der Waals surface area contributed by atoms with Crippen LogP contribution in [-0.4, -0.2) is 26.6 Å². The van der Waals surface area contributed by atoms with Crippen LogP contribution in [-0.2, 0) is 10.0 Å². The molecule has 9 heteroatoms. The highest BCUT2D eigenvalue weighted by Crippen LogP contribution is 2.31. The molecular formula is C19H24N2O6S. The number of hydrogen-bond acceptors (Lipinski definition) is 6. The second-order valence-electron chi connectivity index (χ2n) is 6.12. The molecule has 0 fully saturated rings. The minimum absolute atomic E-state index is 0.121. The van der Waals surface area contributed by atoms with Crippen LogP contribution in [0.25, 0.3) is 0 Å². The van der Waals surface area contributed by atoms with E-state index in [0.29, 0.717) is 35.8 Å². The van der Waals surface area contributed by atoms with Crippen LogP contribution < -0.4 is 14.2 Å². The van der Waals surface area contributed by atoms with Crippen LogP contribution in [0.4, 0.5) is 5.69 Å². The monoisotopic (exact) mass is 408 g/mol. The first-order valence-corrected chi connectivity index (χ1v) is 10.3. The highest BCUT2D eigenvalue weighted by Gasteiger charge is 2.23. The molecule has 0 aliphatic heterocycles. The fourth-order valence-electron chi connectivity index (χ4n) is 2.69. The highest BCUT2D eigenvalue weighted by molar-refractivity contribution is 7.89. The van der Waals surface area contributed by atoms with Gasteiger partial charge in [0.25, 0.3) is 5.69 Å². The maximum Gasteiger partial charge on any atom is 0.270 e. The molecule has 0 aliphatic carbocycles. The van der Waals surface area contributed by atoms with Gasteiger partial charge in [-0.1, -0.05) is 12.1 Å². The zero-order chi connectivity index (χ0) is 20.9. The van der Waals surface area contributed by atoms with E-state index in [0.717, 1.165) is 6.07 Å². The Morgan fingerprint density at radius 2 is 1.71 bits per heavy atom. The second-order valence-corrected chi connectivity index (χ2v) is 7.80. The topological polar surface area (TPSA) is 108 Å². The summed E-state index contributed by atoms with van der Waals surface area (Å²) in [5, 5.41) is 11.0. The third-order valence-corrected chi connectivity index (χ3v) is 5.75. The van der Waals surface area contributed by atoms with Crippen molar-refractivity contribution in [3.05, 3.63) is 57.6 Å². The summed E-state index contributed by atoms with van der Waals surface area (Å²) >= 11 is 0. The van der Waals surface area contributed by atoms with E-state index < -0.39 is 21.0 Å². The van der Waals surface area contributed by atoms with Crippen molar-refractivity contribution in [3.63, 3.8) is 0 Å². The molecule has 0 bridgehead atoms. The number of rotatable bonds is 9. The van der Waals surface area contributed by atoms with Crippen molar-refractivity contribution in [2.75, 3.05) is 13.2 Å². The molecule has 0 aromatic heterocycles. The Bertz CT molecular complexity index is 959. The predicted octanol–water partition coefficient (Wildman–Crippen LogP) is 3.74. The van der Waals surface area contributed by atoms with E-state index in [-0.39, 0.29) is 10.6 Å². The summed E-state index contributed by atoms with van der Waals surface area (Å²) < 4.78 is 39.3. The third kappa shape index (κ3) is 4.99. The Morgan fingerprint density at radius 3 is 2.32 bits per heavy atom. The number of ether oxygens (including phenoxy) is 2. The molecule has 0 amide bonds. The lowest BCUT2D eigenvalue weighted by molar-refractivity contribution is -0.385. The molecule has 1 N–H and O–H groups in total. The number of nitrogens with zero attached hydrogens (tertiary/aromatic N) is 1. The lowest BCUT2D eigenvalue weighted by Gasteiger charge is -2.18. The summed E-state index contributed by atoms with van der Waals surface area (Å²) in [7, 11) is -3.97. The molecule has 1 atom stereocenters. The highest BCUT2D eigenvalue weighted by atomic mass is 32.2. The Morgan fingerprint density at radius 1 is 1.07 bits per heavy atom. The maximum atomic E-state index is 12.8. The smallest absolute Gasteiger partial charge is 0.270 e. The number of nitro groups is 1. The van der Waals surface area contributed by atoms with E-state index in [1.807, 2.05) is 13.8 Å². The largest absolute Gasteiger partial charge is 0.490 e. The number of nitro benzene ring substituents is 1. The zero-order valence-corrected chi connectivity index (χ0v) is 17.1. The Kier molecular flexibility index (Phi) is 6.98.